The normalized spacial score (nSPS) is 20.0. The fraction of sp³-hybridized carbons (Fsp3) is 0.684. The lowest BCUT2D eigenvalue weighted by molar-refractivity contribution is -0.780. The summed E-state index contributed by atoms with van der Waals surface area (Å²) in [6.07, 6.45) is 18.5. The molecule has 1 unspecified atom stereocenters. The summed E-state index contributed by atoms with van der Waals surface area (Å²) in [5, 5.41) is 11.1. The third-order valence-electron chi connectivity index (χ3n) is 4.44. The minimum atomic E-state index is -1.06. The first-order chi connectivity index (χ1) is 11.6. The monoisotopic (exact) mass is 335 g/mol. The van der Waals surface area contributed by atoms with E-state index in [2.05, 4.69) is 24.1 Å². The molecule has 1 atom stereocenters. The largest absolute Gasteiger partial charge is 0.544 e. The lowest BCUT2D eigenvalue weighted by Crippen LogP contribution is -2.55. The Morgan fingerprint density at radius 2 is 1.92 bits per heavy atom. The molecule has 136 valence electrons. The van der Waals surface area contributed by atoms with Gasteiger partial charge in [0.05, 0.1) is 12.2 Å². The van der Waals surface area contributed by atoms with Gasteiger partial charge in [-0.25, -0.2) is 9.48 Å². The van der Waals surface area contributed by atoms with E-state index in [1.54, 1.807) is 6.20 Å². The molecule has 0 radical (unpaired) electrons. The van der Waals surface area contributed by atoms with Crippen LogP contribution in [0, 0.1) is 0 Å². The van der Waals surface area contributed by atoms with Gasteiger partial charge in [0.1, 0.15) is 19.3 Å². The van der Waals surface area contributed by atoms with Crippen LogP contribution in [0.15, 0.2) is 29.5 Å². The standard InChI is InChI=1S/C19H33N3O2/c1-2-3-4-5-6-7-8-9-10-11-12-18-21-14-16-22(18,15-13-20)17-19(23)24/h8-9,14,16H,2-7,10-13,15,17,20H2,1H3/b9-8+. The van der Waals surface area contributed by atoms with Crippen LogP contribution in [0.1, 0.15) is 64.7 Å². The first-order valence-electron chi connectivity index (χ1n) is 9.31. The summed E-state index contributed by atoms with van der Waals surface area (Å²) in [6.45, 7) is 3.13. The number of carbonyl (C=O) groups excluding carboxylic acids is 1. The molecular weight excluding hydrogens is 302 g/mol. The number of aliphatic carboxylic acids is 1. The number of amidine groups is 1. The van der Waals surface area contributed by atoms with Crippen molar-refractivity contribution in [2.45, 2.75) is 64.7 Å². The summed E-state index contributed by atoms with van der Waals surface area (Å²) in [4.78, 5) is 15.4. The van der Waals surface area contributed by atoms with E-state index in [-0.39, 0.29) is 11.0 Å². The predicted octanol–water partition coefficient (Wildman–Crippen LogP) is 2.48. The minimum Gasteiger partial charge on any atom is -0.544 e. The Morgan fingerprint density at radius 1 is 1.21 bits per heavy atom. The number of carboxylic acids is 1. The second kappa shape index (κ2) is 12.0. The fourth-order valence-corrected chi connectivity index (χ4v) is 3.10. The van der Waals surface area contributed by atoms with Gasteiger partial charge >= 0.3 is 0 Å². The van der Waals surface area contributed by atoms with Gasteiger partial charge < -0.3 is 15.6 Å². The van der Waals surface area contributed by atoms with Gasteiger partial charge in [0.25, 0.3) is 0 Å². The number of carbonyl (C=O) groups is 1. The van der Waals surface area contributed by atoms with E-state index in [0.717, 1.165) is 31.5 Å². The van der Waals surface area contributed by atoms with Crippen molar-refractivity contribution in [1.82, 2.24) is 0 Å². The van der Waals surface area contributed by atoms with Crippen LogP contribution in [0.3, 0.4) is 0 Å². The molecular formula is C19H33N3O2. The molecule has 5 heteroatoms. The van der Waals surface area contributed by atoms with Crippen molar-refractivity contribution in [3.63, 3.8) is 0 Å². The summed E-state index contributed by atoms with van der Waals surface area (Å²) in [6, 6.07) is 0. The Morgan fingerprint density at radius 3 is 2.58 bits per heavy atom. The van der Waals surface area contributed by atoms with Crippen LogP contribution in [0.4, 0.5) is 0 Å². The summed E-state index contributed by atoms with van der Waals surface area (Å²) in [5.41, 5.74) is 5.66. The third kappa shape index (κ3) is 7.41. The highest BCUT2D eigenvalue weighted by Crippen LogP contribution is 2.20. The Hall–Kier alpha value is -1.46. The molecule has 0 aromatic rings. The number of quaternary nitrogens is 1. The molecule has 0 saturated carbocycles. The number of carboxylic acid groups (broad SMARTS) is 1. The number of nitrogens with two attached hydrogens (primary N) is 1. The van der Waals surface area contributed by atoms with Gasteiger partial charge in [-0.05, 0) is 25.7 Å². The maximum absolute atomic E-state index is 11.1. The first kappa shape index (κ1) is 20.6. The Balaban J connectivity index is 2.27. The molecule has 1 rings (SSSR count). The average Bonchev–Trinajstić information content (AvgIpc) is 2.91. The fourth-order valence-electron chi connectivity index (χ4n) is 3.10. The number of allylic oxidation sites excluding steroid dienone is 2. The quantitative estimate of drug-likeness (QED) is 0.301. The molecule has 0 aliphatic carbocycles. The number of nitrogens with zero attached hydrogens (tertiary/aromatic N) is 2. The smallest absolute Gasteiger partial charge is 0.207 e. The highest BCUT2D eigenvalue weighted by Gasteiger charge is 2.34. The molecule has 1 aliphatic heterocycles. The maximum atomic E-state index is 11.1. The second-order valence-electron chi connectivity index (χ2n) is 6.49. The number of rotatable bonds is 14. The molecule has 1 heterocycles. The van der Waals surface area contributed by atoms with Crippen LogP contribution in [0.5, 0.6) is 0 Å². The van der Waals surface area contributed by atoms with Gasteiger partial charge in [0, 0.05) is 13.0 Å². The highest BCUT2D eigenvalue weighted by molar-refractivity contribution is 5.80. The van der Waals surface area contributed by atoms with Crippen LogP contribution in [-0.2, 0) is 4.79 Å². The van der Waals surface area contributed by atoms with Gasteiger partial charge in [-0.3, -0.25) is 0 Å². The molecule has 0 aromatic carbocycles. The Bertz CT molecular complexity index is 458. The van der Waals surface area contributed by atoms with Gasteiger partial charge in [-0.1, -0.05) is 44.8 Å². The predicted molar refractivity (Wildman–Crippen MR) is 97.0 cm³/mol. The van der Waals surface area contributed by atoms with Gasteiger partial charge in [-0.15, -0.1) is 0 Å². The molecule has 0 bridgehead atoms. The van der Waals surface area contributed by atoms with Crippen LogP contribution in [0.2, 0.25) is 0 Å². The van der Waals surface area contributed by atoms with Gasteiger partial charge in [0.2, 0.25) is 5.84 Å². The molecule has 5 nitrogen and oxygen atoms in total. The molecule has 0 amide bonds. The van der Waals surface area contributed by atoms with Crippen molar-refractivity contribution in [3.05, 3.63) is 24.6 Å². The number of unbranched alkanes of at least 4 members (excludes halogenated alkanes) is 6. The zero-order valence-corrected chi connectivity index (χ0v) is 15.1. The lowest BCUT2D eigenvalue weighted by Gasteiger charge is -2.32. The number of hydrogen-bond donors (Lipinski definition) is 1. The van der Waals surface area contributed by atoms with Gasteiger partial charge in [-0.2, -0.15) is 0 Å². The van der Waals surface area contributed by atoms with Crippen LogP contribution >= 0.6 is 0 Å². The van der Waals surface area contributed by atoms with Crippen molar-refractivity contribution >= 4 is 11.8 Å². The lowest BCUT2D eigenvalue weighted by atomic mass is 10.1. The first-order valence-corrected chi connectivity index (χ1v) is 9.31. The topological polar surface area (TPSA) is 78.5 Å². The Kier molecular flexibility index (Phi) is 10.3. The van der Waals surface area contributed by atoms with E-state index in [1.807, 2.05) is 6.20 Å². The van der Waals surface area contributed by atoms with Crippen LogP contribution in [-0.4, -0.2) is 35.9 Å². The SMILES string of the molecule is CCCCCCC/C=C/CCCC1=NC=C[N+]1(CCN)CC(=O)[O-]. The van der Waals surface area contributed by atoms with Crippen molar-refractivity contribution in [2.75, 3.05) is 19.6 Å². The van der Waals surface area contributed by atoms with Crippen molar-refractivity contribution in [3.8, 4) is 0 Å². The zero-order chi connectivity index (χ0) is 17.7. The Labute approximate surface area is 146 Å². The zero-order valence-electron chi connectivity index (χ0n) is 15.1. The number of hydrogen-bond acceptors (Lipinski definition) is 4. The van der Waals surface area contributed by atoms with Crippen LogP contribution in [0.25, 0.3) is 0 Å². The van der Waals surface area contributed by atoms with Crippen molar-refractivity contribution in [2.24, 2.45) is 10.7 Å². The molecule has 2 N–H and O–H groups in total. The summed E-state index contributed by atoms with van der Waals surface area (Å²) >= 11 is 0. The molecule has 1 aliphatic rings. The van der Waals surface area contributed by atoms with Crippen molar-refractivity contribution < 1.29 is 14.4 Å². The third-order valence-corrected chi connectivity index (χ3v) is 4.44. The van der Waals surface area contributed by atoms with E-state index in [4.69, 9.17) is 5.73 Å². The highest BCUT2D eigenvalue weighted by atomic mass is 16.4. The van der Waals surface area contributed by atoms with E-state index >= 15 is 0 Å². The summed E-state index contributed by atoms with van der Waals surface area (Å²) < 4.78 is 0.222. The number of aliphatic imine (C=N–C) groups is 1. The average molecular weight is 335 g/mol. The molecule has 0 spiro atoms. The second-order valence-corrected chi connectivity index (χ2v) is 6.49. The van der Waals surface area contributed by atoms with E-state index < -0.39 is 5.97 Å². The molecule has 24 heavy (non-hydrogen) atoms. The minimum absolute atomic E-state index is 0.0832. The molecule has 0 saturated heterocycles. The maximum Gasteiger partial charge on any atom is 0.207 e. The van der Waals surface area contributed by atoms with Gasteiger partial charge in [0.15, 0.2) is 0 Å². The van der Waals surface area contributed by atoms with Crippen LogP contribution < -0.4 is 10.8 Å². The van der Waals surface area contributed by atoms with Crippen molar-refractivity contribution in [1.29, 1.82) is 0 Å². The molecule has 0 aromatic heterocycles. The van der Waals surface area contributed by atoms with E-state index in [9.17, 15) is 9.90 Å². The summed E-state index contributed by atoms with van der Waals surface area (Å²) in [5.74, 6) is -0.178. The molecule has 0 fully saturated rings. The van der Waals surface area contributed by atoms with E-state index in [1.165, 1.54) is 32.1 Å². The van der Waals surface area contributed by atoms with E-state index in [0.29, 0.717) is 13.1 Å². The summed E-state index contributed by atoms with van der Waals surface area (Å²) in [7, 11) is 0.